The second kappa shape index (κ2) is 6.77. The van der Waals surface area contributed by atoms with Gasteiger partial charge >= 0.3 is 0 Å². The Labute approximate surface area is 214 Å². The highest BCUT2D eigenvalue weighted by atomic mass is 16.8. The maximum absolute atomic E-state index is 14.7. The van der Waals surface area contributed by atoms with Crippen molar-refractivity contribution in [2.45, 2.75) is 111 Å². The monoisotopic (exact) mass is 502 g/mol. The van der Waals surface area contributed by atoms with Crippen molar-refractivity contribution in [1.29, 1.82) is 0 Å². The van der Waals surface area contributed by atoms with Gasteiger partial charge in [0.05, 0.1) is 18.1 Å². The Balaban J connectivity index is 1.51. The molecular weight excluding hydrogens is 460 g/mol. The summed E-state index contributed by atoms with van der Waals surface area (Å²) in [6, 6.07) is 0. The van der Waals surface area contributed by atoms with Crippen LogP contribution in [0.15, 0.2) is 11.3 Å². The molecule has 8 aliphatic rings. The minimum Gasteiger partial charge on any atom is -0.469 e. The van der Waals surface area contributed by atoms with Gasteiger partial charge in [0.15, 0.2) is 17.9 Å². The standard InChI is InChI=1S/C29H42O7/c1-8-32-18-12-9-15-13-24(2,3)19-20(30)29-28-17(27(19,14-33-29)21(15)34-18)11-10-16(25(4,5)23(28)31)22(28)35-26(6,7)36-29/h16-20,22,30H,8-14H2,1-7H3/t16-,17+,18+,19-,20+,22-,27+,28-,29+/m1/s1. The highest BCUT2D eigenvalue weighted by Crippen LogP contribution is 2.81. The van der Waals surface area contributed by atoms with Gasteiger partial charge in [-0.3, -0.25) is 4.79 Å². The molecular formula is C29H42O7. The van der Waals surface area contributed by atoms with Gasteiger partial charge in [0, 0.05) is 24.4 Å². The minimum absolute atomic E-state index is 0.0554. The molecule has 0 amide bonds. The molecule has 8 rings (SSSR count). The van der Waals surface area contributed by atoms with Gasteiger partial charge in [-0.15, -0.1) is 0 Å². The van der Waals surface area contributed by atoms with E-state index in [9.17, 15) is 9.90 Å². The third-order valence-electron chi connectivity index (χ3n) is 11.3. The number of ether oxygens (including phenoxy) is 5. The van der Waals surface area contributed by atoms with E-state index in [-0.39, 0.29) is 41.3 Å². The summed E-state index contributed by atoms with van der Waals surface area (Å²) in [4.78, 5) is 14.7. The van der Waals surface area contributed by atoms with Crippen molar-refractivity contribution in [1.82, 2.24) is 0 Å². The molecule has 6 fully saturated rings. The summed E-state index contributed by atoms with van der Waals surface area (Å²) in [5, 5.41) is 12.5. The van der Waals surface area contributed by atoms with Gasteiger partial charge in [-0.2, -0.15) is 0 Å². The van der Waals surface area contributed by atoms with Crippen LogP contribution in [0.1, 0.15) is 80.6 Å². The molecule has 200 valence electrons. The first-order valence-corrected chi connectivity index (χ1v) is 14.1. The van der Waals surface area contributed by atoms with Crippen LogP contribution in [0, 0.1) is 39.4 Å². The Bertz CT molecular complexity index is 1060. The smallest absolute Gasteiger partial charge is 0.213 e. The molecule has 4 bridgehead atoms. The summed E-state index contributed by atoms with van der Waals surface area (Å²) >= 11 is 0. The molecule has 7 nitrogen and oxygen atoms in total. The Morgan fingerprint density at radius 1 is 1.08 bits per heavy atom. The summed E-state index contributed by atoms with van der Waals surface area (Å²) in [6.45, 7) is 15.4. The van der Waals surface area contributed by atoms with Gasteiger partial charge in [0.2, 0.25) is 5.79 Å². The predicted molar refractivity (Wildman–Crippen MR) is 129 cm³/mol. The zero-order chi connectivity index (χ0) is 25.7. The van der Waals surface area contributed by atoms with Crippen LogP contribution in [-0.2, 0) is 28.5 Å². The van der Waals surface area contributed by atoms with Gasteiger partial charge < -0.3 is 28.8 Å². The van der Waals surface area contributed by atoms with Crippen molar-refractivity contribution < 1.29 is 33.6 Å². The van der Waals surface area contributed by atoms with Crippen molar-refractivity contribution in [2.24, 2.45) is 39.4 Å². The summed E-state index contributed by atoms with van der Waals surface area (Å²) in [5.74, 6) is -1.55. The molecule has 0 aromatic rings. The van der Waals surface area contributed by atoms with Gasteiger partial charge in [-0.25, -0.2) is 0 Å². The van der Waals surface area contributed by atoms with E-state index >= 15 is 0 Å². The lowest BCUT2D eigenvalue weighted by Crippen LogP contribution is -2.87. The SMILES string of the molecule is CCO[C@@H]1CCC2=C(O1)[C@@]13CO[C@]4(OC(C)(C)O[C@@H]5[C@H]6CC[C@@H]1[C@]54C(=O)C6(C)C)[C@@H](O)[C@@H]3C(C)(C)C2. The highest BCUT2D eigenvalue weighted by molar-refractivity contribution is 5.96. The number of aliphatic hydroxyl groups is 1. The normalized spacial score (nSPS) is 52.8. The molecule has 1 N–H and O–H groups in total. The van der Waals surface area contributed by atoms with E-state index in [1.165, 1.54) is 5.57 Å². The lowest BCUT2D eigenvalue weighted by Gasteiger charge is -2.77. The van der Waals surface area contributed by atoms with E-state index < -0.39 is 33.9 Å². The molecule has 0 aromatic carbocycles. The van der Waals surface area contributed by atoms with Gasteiger partial charge in [0.25, 0.3) is 0 Å². The average Bonchev–Trinajstić information content (AvgIpc) is 2.87. The molecule has 4 aliphatic carbocycles. The van der Waals surface area contributed by atoms with E-state index in [0.717, 1.165) is 37.9 Å². The third-order valence-corrected chi connectivity index (χ3v) is 11.3. The van der Waals surface area contributed by atoms with Crippen LogP contribution >= 0.6 is 0 Å². The van der Waals surface area contributed by atoms with Crippen molar-refractivity contribution in [3.63, 3.8) is 0 Å². The summed E-state index contributed by atoms with van der Waals surface area (Å²) in [5.41, 5.74) is -1.20. The molecule has 4 aliphatic heterocycles. The first-order valence-electron chi connectivity index (χ1n) is 14.1. The molecule has 0 aromatic heterocycles. The van der Waals surface area contributed by atoms with E-state index in [1.54, 1.807) is 0 Å². The topological polar surface area (TPSA) is 83.5 Å². The maximum Gasteiger partial charge on any atom is 0.213 e. The molecule has 9 atom stereocenters. The number of rotatable bonds is 2. The van der Waals surface area contributed by atoms with Crippen LogP contribution in [0.2, 0.25) is 0 Å². The summed E-state index contributed by atoms with van der Waals surface area (Å²) in [7, 11) is 0. The van der Waals surface area contributed by atoms with Crippen molar-refractivity contribution >= 4 is 5.78 Å². The zero-order valence-electron chi connectivity index (χ0n) is 22.8. The second-order valence-corrected chi connectivity index (χ2v) is 14.3. The fourth-order valence-electron chi connectivity index (χ4n) is 10.6. The van der Waals surface area contributed by atoms with E-state index in [4.69, 9.17) is 23.7 Å². The Morgan fingerprint density at radius 3 is 2.56 bits per heavy atom. The Hall–Kier alpha value is -0.990. The van der Waals surface area contributed by atoms with Crippen molar-refractivity contribution in [3.05, 3.63) is 11.3 Å². The number of fused-ring (bicyclic) bond motifs is 1. The van der Waals surface area contributed by atoms with Crippen molar-refractivity contribution in [2.75, 3.05) is 13.2 Å². The number of hydrogen-bond donors (Lipinski definition) is 1. The number of hydrogen-bond acceptors (Lipinski definition) is 7. The molecule has 3 saturated heterocycles. The number of allylic oxidation sites excluding steroid dienone is 1. The van der Waals surface area contributed by atoms with Gasteiger partial charge in [-0.05, 0) is 69.3 Å². The largest absolute Gasteiger partial charge is 0.469 e. The molecule has 0 radical (unpaired) electrons. The molecule has 3 saturated carbocycles. The Morgan fingerprint density at radius 2 is 1.83 bits per heavy atom. The van der Waals surface area contributed by atoms with E-state index in [1.807, 2.05) is 20.8 Å². The maximum atomic E-state index is 14.7. The van der Waals surface area contributed by atoms with E-state index in [0.29, 0.717) is 13.2 Å². The van der Waals surface area contributed by atoms with Crippen LogP contribution < -0.4 is 0 Å². The summed E-state index contributed by atoms with van der Waals surface area (Å²) < 4.78 is 32.9. The van der Waals surface area contributed by atoms with Crippen LogP contribution in [0.4, 0.5) is 0 Å². The predicted octanol–water partition coefficient (Wildman–Crippen LogP) is 4.32. The van der Waals surface area contributed by atoms with Crippen LogP contribution in [0.25, 0.3) is 0 Å². The van der Waals surface area contributed by atoms with Gasteiger partial charge in [-0.1, -0.05) is 27.7 Å². The number of carbonyl (C=O) groups excluding carboxylic acids is 1. The lowest BCUT2D eigenvalue weighted by atomic mass is 9.36. The Kier molecular flexibility index (Phi) is 4.53. The van der Waals surface area contributed by atoms with Crippen LogP contribution in [0.3, 0.4) is 0 Å². The molecule has 36 heavy (non-hydrogen) atoms. The van der Waals surface area contributed by atoms with E-state index in [2.05, 4.69) is 27.7 Å². The minimum atomic E-state index is -1.43. The summed E-state index contributed by atoms with van der Waals surface area (Å²) in [6.07, 6.45) is 2.70. The quantitative estimate of drug-likeness (QED) is 0.602. The van der Waals surface area contributed by atoms with Crippen LogP contribution in [0.5, 0.6) is 0 Å². The fourth-order valence-corrected chi connectivity index (χ4v) is 10.6. The highest BCUT2D eigenvalue weighted by Gasteiger charge is 2.91. The van der Waals surface area contributed by atoms with Crippen LogP contribution in [-0.4, -0.2) is 54.2 Å². The third kappa shape index (κ3) is 2.35. The first-order chi connectivity index (χ1) is 16.8. The molecule has 4 heterocycles. The lowest BCUT2D eigenvalue weighted by molar-refractivity contribution is -0.527. The molecule has 3 spiro atoms. The number of Topliss-reactive ketones (excluding diaryl/α,β-unsaturated/α-hetero) is 1. The number of ketones is 1. The average molecular weight is 503 g/mol. The number of aliphatic hydroxyl groups excluding tert-OH is 1. The molecule has 0 unspecified atom stereocenters. The first kappa shape index (κ1) is 24.1. The van der Waals surface area contributed by atoms with Crippen molar-refractivity contribution in [3.8, 4) is 0 Å². The van der Waals surface area contributed by atoms with Gasteiger partial charge in [0.1, 0.15) is 17.3 Å². The molecule has 7 heteroatoms. The number of carbonyl (C=O) groups is 1. The fraction of sp³-hybridized carbons (Fsp3) is 0.897. The second-order valence-electron chi connectivity index (χ2n) is 14.3. The zero-order valence-corrected chi connectivity index (χ0v) is 22.8.